The lowest BCUT2D eigenvalue weighted by Gasteiger charge is -2.18. The maximum absolute atomic E-state index is 8.83. The van der Waals surface area contributed by atoms with Gasteiger partial charge in [-0.15, -0.1) is 0 Å². The molecule has 0 aliphatic heterocycles. The van der Waals surface area contributed by atoms with Gasteiger partial charge in [0.2, 0.25) is 0 Å². The van der Waals surface area contributed by atoms with Crippen molar-refractivity contribution in [3.8, 4) is 0 Å². The van der Waals surface area contributed by atoms with Crippen molar-refractivity contribution in [2.24, 2.45) is 5.92 Å². The van der Waals surface area contributed by atoms with Gasteiger partial charge in [0.25, 0.3) is 0 Å². The number of hydrogen-bond acceptors (Lipinski definition) is 3. The number of rotatable bonds is 7. The highest BCUT2D eigenvalue weighted by Gasteiger charge is 2.06. The van der Waals surface area contributed by atoms with Crippen LogP contribution in [0.15, 0.2) is 0 Å². The van der Waals surface area contributed by atoms with Gasteiger partial charge in [0.15, 0.2) is 0 Å². The van der Waals surface area contributed by atoms with Gasteiger partial charge in [-0.25, -0.2) is 0 Å². The average molecular weight is 205 g/mol. The second kappa shape index (κ2) is 7.65. The van der Waals surface area contributed by atoms with Crippen LogP contribution in [0.3, 0.4) is 0 Å². The van der Waals surface area contributed by atoms with Gasteiger partial charge in [0.05, 0.1) is 6.61 Å². The smallest absolute Gasteiger partial charge is 0.0582 e. The molecule has 0 radical (unpaired) electrons. The van der Waals surface area contributed by atoms with Crippen molar-refractivity contribution in [2.75, 3.05) is 18.1 Å². The standard InChI is InChI=1S/C10H23NOS/c1-8(2)6-13-7-10(4)11-9(3)5-12/h8-12H,5-7H2,1-4H3. The predicted octanol–water partition coefficient (Wildman–Crippen LogP) is 1.73. The molecule has 0 fully saturated rings. The van der Waals surface area contributed by atoms with Crippen LogP contribution in [-0.2, 0) is 0 Å². The Morgan fingerprint density at radius 2 is 1.69 bits per heavy atom. The van der Waals surface area contributed by atoms with E-state index in [2.05, 4.69) is 26.1 Å². The van der Waals surface area contributed by atoms with E-state index >= 15 is 0 Å². The van der Waals surface area contributed by atoms with Gasteiger partial charge in [-0.3, -0.25) is 0 Å². The lowest BCUT2D eigenvalue weighted by atomic mass is 10.3. The Morgan fingerprint density at radius 1 is 1.08 bits per heavy atom. The van der Waals surface area contributed by atoms with E-state index in [1.54, 1.807) is 0 Å². The molecule has 2 nitrogen and oxygen atoms in total. The third kappa shape index (κ3) is 8.60. The number of nitrogens with one attached hydrogen (secondary N) is 1. The first-order chi connectivity index (χ1) is 6.06. The molecule has 2 N–H and O–H groups in total. The van der Waals surface area contributed by atoms with Crippen LogP contribution in [0.5, 0.6) is 0 Å². The summed E-state index contributed by atoms with van der Waals surface area (Å²) in [5, 5.41) is 12.2. The third-order valence-electron chi connectivity index (χ3n) is 1.66. The molecule has 3 heteroatoms. The lowest BCUT2D eigenvalue weighted by Crippen LogP contribution is -2.38. The Balaban J connectivity index is 3.34. The number of aliphatic hydroxyl groups is 1. The fourth-order valence-electron chi connectivity index (χ4n) is 1.07. The summed E-state index contributed by atoms with van der Waals surface area (Å²) in [5.41, 5.74) is 0. The van der Waals surface area contributed by atoms with Gasteiger partial charge >= 0.3 is 0 Å². The monoisotopic (exact) mass is 205 g/mol. The zero-order chi connectivity index (χ0) is 10.3. The largest absolute Gasteiger partial charge is 0.395 e. The fourth-order valence-corrected chi connectivity index (χ4v) is 2.12. The molecular weight excluding hydrogens is 182 g/mol. The maximum atomic E-state index is 8.83. The topological polar surface area (TPSA) is 32.3 Å². The zero-order valence-electron chi connectivity index (χ0n) is 9.21. The molecule has 0 saturated carbocycles. The molecule has 0 aliphatic carbocycles. The molecule has 0 aromatic heterocycles. The van der Waals surface area contributed by atoms with Crippen molar-refractivity contribution in [2.45, 2.75) is 39.8 Å². The Kier molecular flexibility index (Phi) is 7.81. The highest BCUT2D eigenvalue weighted by Crippen LogP contribution is 2.08. The van der Waals surface area contributed by atoms with Crippen molar-refractivity contribution < 1.29 is 5.11 Å². The fraction of sp³-hybridized carbons (Fsp3) is 1.00. The van der Waals surface area contributed by atoms with E-state index in [-0.39, 0.29) is 12.6 Å². The molecule has 0 heterocycles. The molecule has 0 saturated heterocycles. The van der Waals surface area contributed by atoms with Crippen LogP contribution >= 0.6 is 11.8 Å². The SMILES string of the molecule is CC(C)CSCC(C)NC(C)CO. The number of hydrogen-bond donors (Lipinski definition) is 2. The molecule has 0 aromatic rings. The first-order valence-corrected chi connectivity index (χ1v) is 6.16. The Hall–Kier alpha value is 0.270. The van der Waals surface area contributed by atoms with E-state index in [1.807, 2.05) is 18.7 Å². The summed E-state index contributed by atoms with van der Waals surface area (Å²) in [5.74, 6) is 3.12. The van der Waals surface area contributed by atoms with Crippen LogP contribution in [-0.4, -0.2) is 35.3 Å². The van der Waals surface area contributed by atoms with E-state index in [9.17, 15) is 0 Å². The molecule has 0 spiro atoms. The summed E-state index contributed by atoms with van der Waals surface area (Å²) in [6.45, 7) is 8.87. The second-order valence-electron chi connectivity index (χ2n) is 4.08. The molecule has 13 heavy (non-hydrogen) atoms. The third-order valence-corrected chi connectivity index (χ3v) is 3.30. The molecule has 2 unspecified atom stereocenters. The van der Waals surface area contributed by atoms with Crippen LogP contribution in [0.4, 0.5) is 0 Å². The minimum Gasteiger partial charge on any atom is -0.395 e. The molecule has 0 rings (SSSR count). The first-order valence-electron chi connectivity index (χ1n) is 5.01. The van der Waals surface area contributed by atoms with Crippen molar-refractivity contribution in [3.63, 3.8) is 0 Å². The van der Waals surface area contributed by atoms with Crippen LogP contribution in [0.25, 0.3) is 0 Å². The molecule has 0 aliphatic rings. The molecule has 0 bridgehead atoms. The normalized spacial score (nSPS) is 16.2. The second-order valence-corrected chi connectivity index (χ2v) is 5.16. The Bertz CT molecular complexity index is 119. The Morgan fingerprint density at radius 3 is 2.15 bits per heavy atom. The van der Waals surface area contributed by atoms with Crippen LogP contribution in [0.2, 0.25) is 0 Å². The van der Waals surface area contributed by atoms with E-state index in [0.717, 1.165) is 11.7 Å². The van der Waals surface area contributed by atoms with E-state index in [0.29, 0.717) is 6.04 Å². The van der Waals surface area contributed by atoms with E-state index in [1.165, 1.54) is 5.75 Å². The highest BCUT2D eigenvalue weighted by molar-refractivity contribution is 7.99. The van der Waals surface area contributed by atoms with Crippen molar-refractivity contribution in [3.05, 3.63) is 0 Å². The van der Waals surface area contributed by atoms with Crippen LogP contribution < -0.4 is 5.32 Å². The van der Waals surface area contributed by atoms with Gasteiger partial charge in [0, 0.05) is 17.8 Å². The number of thioether (sulfide) groups is 1. The quantitative estimate of drug-likeness (QED) is 0.664. The van der Waals surface area contributed by atoms with Crippen molar-refractivity contribution in [1.82, 2.24) is 5.32 Å². The molecular formula is C10H23NOS. The van der Waals surface area contributed by atoms with Crippen molar-refractivity contribution in [1.29, 1.82) is 0 Å². The van der Waals surface area contributed by atoms with Crippen molar-refractivity contribution >= 4 is 11.8 Å². The summed E-state index contributed by atoms with van der Waals surface area (Å²) in [6, 6.07) is 0.709. The minimum atomic E-state index is 0.217. The minimum absolute atomic E-state index is 0.217. The summed E-state index contributed by atoms with van der Waals surface area (Å²) < 4.78 is 0. The average Bonchev–Trinajstić information content (AvgIpc) is 2.03. The Labute approximate surface area is 86.5 Å². The van der Waals surface area contributed by atoms with Gasteiger partial charge in [-0.1, -0.05) is 13.8 Å². The van der Waals surface area contributed by atoms with E-state index < -0.39 is 0 Å². The van der Waals surface area contributed by atoms with Gasteiger partial charge in [-0.2, -0.15) is 11.8 Å². The summed E-state index contributed by atoms with van der Waals surface area (Å²) in [7, 11) is 0. The lowest BCUT2D eigenvalue weighted by molar-refractivity contribution is 0.245. The molecule has 80 valence electrons. The van der Waals surface area contributed by atoms with E-state index in [4.69, 9.17) is 5.11 Å². The van der Waals surface area contributed by atoms with Gasteiger partial charge in [0.1, 0.15) is 0 Å². The predicted molar refractivity (Wildman–Crippen MR) is 61.3 cm³/mol. The van der Waals surface area contributed by atoms with Gasteiger partial charge < -0.3 is 10.4 Å². The summed E-state index contributed by atoms with van der Waals surface area (Å²) in [6.07, 6.45) is 0. The first kappa shape index (κ1) is 13.3. The molecule has 0 amide bonds. The highest BCUT2D eigenvalue weighted by atomic mass is 32.2. The summed E-state index contributed by atoms with van der Waals surface area (Å²) in [4.78, 5) is 0. The molecule has 2 atom stereocenters. The summed E-state index contributed by atoms with van der Waals surface area (Å²) >= 11 is 1.98. The zero-order valence-corrected chi connectivity index (χ0v) is 10.0. The van der Waals surface area contributed by atoms with Crippen LogP contribution in [0, 0.1) is 5.92 Å². The molecule has 0 aromatic carbocycles. The maximum Gasteiger partial charge on any atom is 0.0582 e. The van der Waals surface area contributed by atoms with Crippen LogP contribution in [0.1, 0.15) is 27.7 Å². The number of aliphatic hydroxyl groups excluding tert-OH is 1. The van der Waals surface area contributed by atoms with Gasteiger partial charge in [-0.05, 0) is 25.5 Å².